The maximum atomic E-state index is 12.7. The van der Waals surface area contributed by atoms with Crippen LogP contribution in [0.25, 0.3) is 0 Å². The fourth-order valence-electron chi connectivity index (χ4n) is 3.34. The van der Waals surface area contributed by atoms with Gasteiger partial charge in [0.15, 0.2) is 0 Å². The second kappa shape index (κ2) is 5.14. The van der Waals surface area contributed by atoms with Crippen LogP contribution in [0.5, 0.6) is 0 Å². The van der Waals surface area contributed by atoms with Crippen LogP contribution in [-0.4, -0.2) is 36.5 Å². The van der Waals surface area contributed by atoms with Crippen molar-refractivity contribution in [3.63, 3.8) is 0 Å². The predicted octanol–water partition coefficient (Wildman–Crippen LogP) is 2.47. The lowest BCUT2D eigenvalue weighted by Crippen LogP contribution is -2.48. The van der Waals surface area contributed by atoms with Gasteiger partial charge in [0.2, 0.25) is 0 Å². The van der Waals surface area contributed by atoms with E-state index in [1.807, 2.05) is 19.1 Å². The summed E-state index contributed by atoms with van der Waals surface area (Å²) in [5, 5.41) is 4.10. The number of halogens is 1. The molecule has 1 aromatic rings. The summed E-state index contributed by atoms with van der Waals surface area (Å²) in [6, 6.07) is 5.89. The van der Waals surface area contributed by atoms with Crippen LogP contribution in [0.2, 0.25) is 5.02 Å². The molecule has 2 aliphatic heterocycles. The third-order valence-corrected chi connectivity index (χ3v) is 4.59. The van der Waals surface area contributed by atoms with Gasteiger partial charge in [-0.3, -0.25) is 4.79 Å². The number of carbonyl (C=O) groups is 1. The Bertz CT molecular complexity index is 503. The van der Waals surface area contributed by atoms with Crippen molar-refractivity contribution < 1.29 is 4.79 Å². The molecule has 0 spiro atoms. The molecule has 2 aliphatic rings. The third kappa shape index (κ3) is 2.37. The van der Waals surface area contributed by atoms with Gasteiger partial charge >= 0.3 is 0 Å². The molecule has 2 heterocycles. The minimum atomic E-state index is 0.160. The maximum Gasteiger partial charge on any atom is 0.254 e. The largest absolute Gasteiger partial charge is 0.334 e. The molecule has 3 rings (SSSR count). The fourth-order valence-corrected chi connectivity index (χ4v) is 3.57. The van der Waals surface area contributed by atoms with Crippen molar-refractivity contribution in [2.75, 3.05) is 19.6 Å². The van der Waals surface area contributed by atoms with E-state index in [1.165, 1.54) is 6.42 Å². The Labute approximate surface area is 118 Å². The van der Waals surface area contributed by atoms with Gasteiger partial charge in [-0.15, -0.1) is 0 Å². The van der Waals surface area contributed by atoms with E-state index < -0.39 is 0 Å². The van der Waals surface area contributed by atoms with Crippen molar-refractivity contribution in [3.8, 4) is 0 Å². The molecular formula is C15H19ClN2O. The van der Waals surface area contributed by atoms with Crippen molar-refractivity contribution in [3.05, 3.63) is 34.3 Å². The van der Waals surface area contributed by atoms with E-state index in [0.717, 1.165) is 37.2 Å². The molecule has 19 heavy (non-hydrogen) atoms. The number of likely N-dealkylation sites (tertiary alicyclic amines) is 1. The Kier molecular flexibility index (Phi) is 3.50. The minimum absolute atomic E-state index is 0.160. The molecule has 1 amide bonds. The number of piperidine rings is 1. The van der Waals surface area contributed by atoms with Crippen LogP contribution in [0.15, 0.2) is 18.2 Å². The van der Waals surface area contributed by atoms with E-state index in [-0.39, 0.29) is 5.91 Å². The van der Waals surface area contributed by atoms with Crippen molar-refractivity contribution in [2.24, 2.45) is 5.92 Å². The second-order valence-electron chi connectivity index (χ2n) is 5.59. The molecule has 2 saturated heterocycles. The number of carbonyl (C=O) groups excluding carboxylic acids is 1. The quantitative estimate of drug-likeness (QED) is 0.856. The van der Waals surface area contributed by atoms with Gasteiger partial charge < -0.3 is 10.2 Å². The normalized spacial score (nSPS) is 26.3. The fraction of sp³-hybridized carbons (Fsp3) is 0.533. The molecule has 1 N–H and O–H groups in total. The number of fused-ring (bicyclic) bond motifs is 1. The summed E-state index contributed by atoms with van der Waals surface area (Å²) in [4.78, 5) is 14.8. The summed E-state index contributed by atoms with van der Waals surface area (Å²) in [7, 11) is 0. The Morgan fingerprint density at radius 2 is 2.26 bits per heavy atom. The predicted molar refractivity (Wildman–Crippen MR) is 76.6 cm³/mol. The SMILES string of the molecule is Cc1cc(Cl)ccc1C(=O)N1CCCC2CNCC21. The van der Waals surface area contributed by atoms with Gasteiger partial charge in [0.25, 0.3) is 5.91 Å². The van der Waals surface area contributed by atoms with Crippen LogP contribution in [0, 0.1) is 12.8 Å². The lowest BCUT2D eigenvalue weighted by atomic mass is 9.91. The molecule has 2 unspecified atom stereocenters. The Morgan fingerprint density at radius 1 is 1.42 bits per heavy atom. The van der Waals surface area contributed by atoms with Crippen LogP contribution < -0.4 is 5.32 Å². The van der Waals surface area contributed by atoms with Gasteiger partial charge in [0.05, 0.1) is 0 Å². The van der Waals surface area contributed by atoms with Gasteiger partial charge in [-0.2, -0.15) is 0 Å². The molecule has 1 aromatic carbocycles. The minimum Gasteiger partial charge on any atom is -0.334 e. The van der Waals surface area contributed by atoms with Crippen LogP contribution >= 0.6 is 11.6 Å². The van der Waals surface area contributed by atoms with E-state index in [9.17, 15) is 4.79 Å². The van der Waals surface area contributed by atoms with Gasteiger partial charge in [-0.05, 0) is 49.4 Å². The van der Waals surface area contributed by atoms with Crippen LogP contribution in [-0.2, 0) is 0 Å². The molecule has 2 fully saturated rings. The molecule has 2 atom stereocenters. The van der Waals surface area contributed by atoms with Crippen molar-refractivity contribution >= 4 is 17.5 Å². The standard InChI is InChI=1S/C15H19ClN2O/c1-10-7-12(16)4-5-13(10)15(19)18-6-2-3-11-8-17-9-14(11)18/h4-5,7,11,14,17H,2-3,6,8-9H2,1H3. The highest BCUT2D eigenvalue weighted by Gasteiger charge is 2.37. The van der Waals surface area contributed by atoms with Crippen LogP contribution in [0.4, 0.5) is 0 Å². The summed E-state index contributed by atoms with van der Waals surface area (Å²) >= 11 is 5.96. The molecular weight excluding hydrogens is 260 g/mol. The van der Waals surface area contributed by atoms with Gasteiger partial charge in [-0.25, -0.2) is 0 Å². The summed E-state index contributed by atoms with van der Waals surface area (Å²) in [5.41, 5.74) is 1.75. The first-order chi connectivity index (χ1) is 9.16. The number of nitrogens with zero attached hydrogens (tertiary/aromatic N) is 1. The Hall–Kier alpha value is -1.06. The number of nitrogens with one attached hydrogen (secondary N) is 1. The van der Waals surface area contributed by atoms with E-state index in [0.29, 0.717) is 17.0 Å². The average Bonchev–Trinajstić information content (AvgIpc) is 2.86. The van der Waals surface area contributed by atoms with Crippen molar-refractivity contribution in [1.29, 1.82) is 0 Å². The van der Waals surface area contributed by atoms with Crippen molar-refractivity contribution in [2.45, 2.75) is 25.8 Å². The topological polar surface area (TPSA) is 32.3 Å². The first-order valence-electron chi connectivity index (χ1n) is 6.94. The first-order valence-corrected chi connectivity index (χ1v) is 7.32. The molecule has 0 aliphatic carbocycles. The van der Waals surface area contributed by atoms with E-state index >= 15 is 0 Å². The number of amides is 1. The van der Waals surface area contributed by atoms with E-state index in [2.05, 4.69) is 10.2 Å². The zero-order valence-electron chi connectivity index (χ0n) is 11.2. The molecule has 4 heteroatoms. The summed E-state index contributed by atoms with van der Waals surface area (Å²) in [6.07, 6.45) is 2.35. The third-order valence-electron chi connectivity index (χ3n) is 4.36. The van der Waals surface area contributed by atoms with Crippen LogP contribution in [0.1, 0.15) is 28.8 Å². The van der Waals surface area contributed by atoms with Gasteiger partial charge in [-0.1, -0.05) is 11.6 Å². The van der Waals surface area contributed by atoms with E-state index in [1.54, 1.807) is 6.07 Å². The zero-order valence-corrected chi connectivity index (χ0v) is 11.9. The van der Waals surface area contributed by atoms with Crippen molar-refractivity contribution in [1.82, 2.24) is 10.2 Å². The molecule has 102 valence electrons. The zero-order chi connectivity index (χ0) is 13.4. The maximum absolute atomic E-state index is 12.7. The molecule has 3 nitrogen and oxygen atoms in total. The Balaban J connectivity index is 1.86. The van der Waals surface area contributed by atoms with Gasteiger partial charge in [0, 0.05) is 36.3 Å². The highest BCUT2D eigenvalue weighted by atomic mass is 35.5. The lowest BCUT2D eigenvalue weighted by molar-refractivity contribution is 0.0574. The molecule has 0 radical (unpaired) electrons. The van der Waals surface area contributed by atoms with Crippen LogP contribution in [0.3, 0.4) is 0 Å². The molecule has 0 bridgehead atoms. The monoisotopic (exact) mass is 278 g/mol. The number of rotatable bonds is 1. The highest BCUT2D eigenvalue weighted by molar-refractivity contribution is 6.30. The Morgan fingerprint density at radius 3 is 3.05 bits per heavy atom. The van der Waals surface area contributed by atoms with E-state index in [4.69, 9.17) is 11.6 Å². The summed E-state index contributed by atoms with van der Waals surface area (Å²) < 4.78 is 0. The number of hydrogen-bond acceptors (Lipinski definition) is 2. The number of hydrogen-bond donors (Lipinski definition) is 1. The molecule has 0 saturated carbocycles. The second-order valence-corrected chi connectivity index (χ2v) is 6.02. The number of aryl methyl sites for hydroxylation is 1. The smallest absolute Gasteiger partial charge is 0.254 e. The van der Waals surface area contributed by atoms with Gasteiger partial charge in [0.1, 0.15) is 0 Å². The highest BCUT2D eigenvalue weighted by Crippen LogP contribution is 2.28. The number of benzene rings is 1. The first kappa shape index (κ1) is 12.9. The lowest BCUT2D eigenvalue weighted by Gasteiger charge is -2.37. The average molecular weight is 279 g/mol. The molecule has 0 aromatic heterocycles. The summed E-state index contributed by atoms with van der Waals surface area (Å²) in [6.45, 7) is 4.81. The summed E-state index contributed by atoms with van der Waals surface area (Å²) in [5.74, 6) is 0.790.